The number of carbonyl (C=O) groups is 11. The fraction of sp³-hybridized carbons (Fsp3) is 0.733. The zero-order chi connectivity index (χ0) is 55.5. The predicted molar refractivity (Wildman–Crippen MR) is 262 cm³/mol. The number of nitrogens with two attached hydrogens (primary N) is 4. The van der Waals surface area contributed by atoms with Gasteiger partial charge in [-0.15, -0.1) is 0 Å². The Morgan fingerprint density at radius 3 is 1.44 bits per heavy atom. The summed E-state index contributed by atoms with van der Waals surface area (Å²) < 4.78 is 0. The molecule has 9 atom stereocenters. The van der Waals surface area contributed by atoms with Gasteiger partial charge in [0.2, 0.25) is 47.3 Å². The quantitative estimate of drug-likeness (QED) is 0.0163. The molecule has 0 spiro atoms. The molecule has 1 fully saturated rings. The molecule has 1 heterocycles. The van der Waals surface area contributed by atoms with E-state index < -0.39 is 152 Å². The number of aliphatic hydroxyl groups is 1. The van der Waals surface area contributed by atoms with Crippen LogP contribution in [0.5, 0.6) is 0 Å². The van der Waals surface area contributed by atoms with E-state index in [9.17, 15) is 68.1 Å². The van der Waals surface area contributed by atoms with E-state index in [-0.39, 0.29) is 76.0 Å². The highest BCUT2D eigenvalue weighted by atomic mass is 16.4. The molecule has 1 aliphatic heterocycles. The molecule has 0 bridgehead atoms. The van der Waals surface area contributed by atoms with Crippen molar-refractivity contribution in [2.24, 2.45) is 39.8 Å². The number of aliphatic hydroxyl groups excluding tert-OH is 1. The number of aliphatic carboxylic acids is 3. The fourth-order valence-electron chi connectivity index (χ4n) is 7.63. The Balaban J connectivity index is 3.48. The number of unbranched alkanes of at least 4 members (excludes halogenated alkanes) is 1. The Morgan fingerprint density at radius 2 is 1.01 bits per heavy atom. The first-order valence-electron chi connectivity index (χ1n) is 24.4. The molecule has 0 unspecified atom stereocenters. The van der Waals surface area contributed by atoms with Gasteiger partial charge in [-0.3, -0.25) is 57.7 Å². The van der Waals surface area contributed by atoms with Crippen molar-refractivity contribution in [2.75, 3.05) is 26.2 Å². The molecule has 19 N–H and O–H groups in total. The number of carboxylic acids is 3. The van der Waals surface area contributed by atoms with Crippen molar-refractivity contribution < 1.29 is 73.2 Å². The molecule has 1 saturated heterocycles. The van der Waals surface area contributed by atoms with E-state index >= 15 is 0 Å². The third kappa shape index (κ3) is 25.0. The number of guanidine groups is 1. The van der Waals surface area contributed by atoms with E-state index in [1.165, 1.54) is 6.92 Å². The van der Waals surface area contributed by atoms with E-state index in [1.54, 1.807) is 27.7 Å². The number of nitrogens with zero attached hydrogens (tertiary/aromatic N) is 2. The van der Waals surface area contributed by atoms with Crippen LogP contribution in [-0.4, -0.2) is 177 Å². The molecular weight excluding hydrogens is 963 g/mol. The Hall–Kier alpha value is -6.68. The minimum Gasteiger partial charge on any atom is -0.481 e. The van der Waals surface area contributed by atoms with Crippen LogP contribution >= 0.6 is 0 Å². The summed E-state index contributed by atoms with van der Waals surface area (Å²) in [6, 6.07) is -11.1. The summed E-state index contributed by atoms with van der Waals surface area (Å²) in [5, 5.41) is 55.4. The van der Waals surface area contributed by atoms with Crippen molar-refractivity contribution in [1.82, 2.24) is 42.1 Å². The van der Waals surface area contributed by atoms with Crippen molar-refractivity contribution in [2.45, 2.75) is 173 Å². The third-order valence-corrected chi connectivity index (χ3v) is 11.5. The van der Waals surface area contributed by atoms with Crippen LogP contribution in [0.4, 0.5) is 0 Å². The zero-order valence-corrected chi connectivity index (χ0v) is 42.4. The molecule has 414 valence electrons. The summed E-state index contributed by atoms with van der Waals surface area (Å²) in [6.07, 6.45) is -2.13. The molecule has 28 heteroatoms. The standard InChI is InChI=1S/C45H79N13O15/c1-23(2)20-30(41(70)53-27(10-6-7-17-46)38(67)52-26(11-8-18-50-45(48)49)37(66)51-22-35(64)65)57-42(71)31(21-24(3)4)56-40(69)28(13-15-33(60)61)54-39(68)29(14-16-34(62)63)55-43(72)32-12-9-19-58(32)44(73)36(47)25(5)59/h23-32,36,59H,6-22,46-47H2,1-5H3,(H,51,66)(H,52,67)(H,53,70)(H,54,68)(H,55,72)(H,56,69)(H,57,71)(H,60,61)(H,62,63)(H,64,65)(H4,48,49,50)/t25-,26+,27+,28+,29+,30+,31+,32+,36+/m1/s1. The Bertz CT molecular complexity index is 1930. The molecule has 8 amide bonds. The number of rotatable bonds is 35. The molecule has 73 heavy (non-hydrogen) atoms. The Labute approximate surface area is 424 Å². The number of carbonyl (C=O) groups excluding carboxylic acids is 8. The van der Waals surface area contributed by atoms with Crippen molar-refractivity contribution in [3.63, 3.8) is 0 Å². The molecular formula is C45H79N13O15. The van der Waals surface area contributed by atoms with Crippen LogP contribution in [0.2, 0.25) is 0 Å². The number of carboxylic acid groups (broad SMARTS) is 3. The van der Waals surface area contributed by atoms with E-state index in [0.717, 1.165) is 4.90 Å². The lowest BCUT2D eigenvalue weighted by atomic mass is 9.99. The first-order chi connectivity index (χ1) is 34.2. The molecule has 1 rings (SSSR count). The maximum Gasteiger partial charge on any atom is 0.322 e. The lowest BCUT2D eigenvalue weighted by molar-refractivity contribution is -0.142. The number of aliphatic imine (C=N–C) groups is 1. The SMILES string of the molecule is CC(C)C[C@H](NC(=O)[C@H](CC(C)C)NC(=O)[C@H](CCC(=O)O)NC(=O)[C@H](CCC(=O)O)NC(=O)[C@@H]1CCCN1C(=O)[C@@H](N)[C@@H](C)O)C(=O)N[C@@H](CCCCN)C(=O)N[C@@H](CCCN=C(N)N)C(=O)NCC(=O)O. The van der Waals surface area contributed by atoms with Gasteiger partial charge in [0.05, 0.1) is 6.10 Å². The van der Waals surface area contributed by atoms with Crippen LogP contribution in [0, 0.1) is 11.8 Å². The first kappa shape index (κ1) is 64.3. The fourth-order valence-corrected chi connectivity index (χ4v) is 7.63. The number of nitrogens with one attached hydrogen (secondary N) is 7. The van der Waals surface area contributed by atoms with E-state index in [1.807, 2.05) is 0 Å². The maximum absolute atomic E-state index is 14.2. The van der Waals surface area contributed by atoms with Crippen LogP contribution in [0.1, 0.15) is 118 Å². The maximum atomic E-state index is 14.2. The topological polar surface area (TPSA) is 473 Å². The Morgan fingerprint density at radius 1 is 0.589 bits per heavy atom. The lowest BCUT2D eigenvalue weighted by Crippen LogP contribution is -2.60. The average molecular weight is 1040 g/mol. The van der Waals surface area contributed by atoms with Gasteiger partial charge in [0, 0.05) is 25.9 Å². The summed E-state index contributed by atoms with van der Waals surface area (Å²) in [7, 11) is 0. The first-order valence-corrected chi connectivity index (χ1v) is 24.4. The highest BCUT2D eigenvalue weighted by Gasteiger charge is 2.40. The van der Waals surface area contributed by atoms with Crippen molar-refractivity contribution in [3.8, 4) is 0 Å². The van der Waals surface area contributed by atoms with E-state index in [0.29, 0.717) is 19.3 Å². The van der Waals surface area contributed by atoms with E-state index in [4.69, 9.17) is 28.0 Å². The van der Waals surface area contributed by atoms with Crippen molar-refractivity contribution >= 4 is 71.1 Å². The van der Waals surface area contributed by atoms with Crippen LogP contribution in [0.25, 0.3) is 0 Å². The molecule has 0 aliphatic carbocycles. The van der Waals surface area contributed by atoms with Crippen LogP contribution in [0.3, 0.4) is 0 Å². The van der Waals surface area contributed by atoms with Gasteiger partial charge in [-0.1, -0.05) is 27.7 Å². The minimum absolute atomic E-state index is 0.0168. The van der Waals surface area contributed by atoms with Gasteiger partial charge >= 0.3 is 17.9 Å². The monoisotopic (exact) mass is 1040 g/mol. The van der Waals surface area contributed by atoms with Gasteiger partial charge in [-0.25, -0.2) is 0 Å². The third-order valence-electron chi connectivity index (χ3n) is 11.5. The molecule has 28 nitrogen and oxygen atoms in total. The van der Waals surface area contributed by atoms with Gasteiger partial charge in [-0.05, 0) is 95.9 Å². The molecule has 0 saturated carbocycles. The second-order valence-corrected chi connectivity index (χ2v) is 18.8. The summed E-state index contributed by atoms with van der Waals surface area (Å²) in [6.45, 7) is 7.94. The van der Waals surface area contributed by atoms with E-state index in [2.05, 4.69) is 42.2 Å². The predicted octanol–water partition coefficient (Wildman–Crippen LogP) is -4.20. The summed E-state index contributed by atoms with van der Waals surface area (Å²) in [5.74, 6) is -11.8. The Kier molecular flexibility index (Phi) is 29.2. The number of hydrogen-bond acceptors (Lipinski definition) is 15. The van der Waals surface area contributed by atoms with Crippen LogP contribution < -0.4 is 60.2 Å². The van der Waals surface area contributed by atoms with Gasteiger partial charge in [0.1, 0.15) is 54.9 Å². The minimum atomic E-state index is -1.67. The number of likely N-dealkylation sites (tertiary alicyclic amines) is 1. The normalized spacial score (nSPS) is 16.5. The summed E-state index contributed by atoms with van der Waals surface area (Å²) >= 11 is 0. The van der Waals surface area contributed by atoms with Gasteiger partial charge in [-0.2, -0.15) is 0 Å². The lowest BCUT2D eigenvalue weighted by Gasteiger charge is -2.30. The number of hydrogen-bond donors (Lipinski definition) is 15. The smallest absolute Gasteiger partial charge is 0.322 e. The highest BCUT2D eigenvalue weighted by molar-refractivity contribution is 5.98. The molecule has 1 aliphatic rings. The average Bonchev–Trinajstić information content (AvgIpc) is 3.80. The highest BCUT2D eigenvalue weighted by Crippen LogP contribution is 2.20. The largest absolute Gasteiger partial charge is 0.481 e. The summed E-state index contributed by atoms with van der Waals surface area (Å²) in [5.41, 5.74) is 22.3. The number of amides is 8. The molecule has 0 aromatic heterocycles. The van der Waals surface area contributed by atoms with Crippen molar-refractivity contribution in [1.29, 1.82) is 0 Å². The molecule has 0 aromatic rings. The zero-order valence-electron chi connectivity index (χ0n) is 42.4. The second kappa shape index (κ2) is 33.1. The van der Waals surface area contributed by atoms with Gasteiger partial charge in [0.15, 0.2) is 5.96 Å². The van der Waals surface area contributed by atoms with Crippen LogP contribution in [-0.2, 0) is 52.7 Å². The molecule has 0 radical (unpaired) electrons. The summed E-state index contributed by atoms with van der Waals surface area (Å²) in [4.78, 5) is 149. The second-order valence-electron chi connectivity index (χ2n) is 18.8. The van der Waals surface area contributed by atoms with Gasteiger partial charge in [0.25, 0.3) is 0 Å². The van der Waals surface area contributed by atoms with Crippen LogP contribution in [0.15, 0.2) is 4.99 Å². The van der Waals surface area contributed by atoms with Gasteiger partial charge < -0.3 is 85.5 Å². The van der Waals surface area contributed by atoms with Crippen molar-refractivity contribution in [3.05, 3.63) is 0 Å². The molecule has 0 aromatic carbocycles.